The average molecular weight is 207 g/mol. The molecule has 3 heterocycles. The molecule has 0 amide bonds. The van der Waals surface area contributed by atoms with Crippen LogP contribution in [0.2, 0.25) is 0 Å². The molecule has 0 aromatic carbocycles. The van der Waals surface area contributed by atoms with Crippen LogP contribution < -0.4 is 5.43 Å². The Balaban J connectivity index is 1.75. The molecule has 80 valence electrons. The summed E-state index contributed by atoms with van der Waals surface area (Å²) in [5.41, 5.74) is 3.66. The van der Waals surface area contributed by atoms with Crippen LogP contribution in [-0.4, -0.2) is 45.3 Å². The Bertz CT molecular complexity index is 351. The van der Waals surface area contributed by atoms with Crippen molar-refractivity contribution in [3.8, 4) is 0 Å². The van der Waals surface area contributed by atoms with Crippen LogP contribution in [0.1, 0.15) is 23.3 Å². The second-order valence-corrected chi connectivity index (χ2v) is 4.24. The SMILES string of the molecule is O=C(c1cn[nH]n1)C1CC2CCN(C2)N1. The first-order valence-corrected chi connectivity index (χ1v) is 5.24. The molecule has 6 nitrogen and oxygen atoms in total. The smallest absolute Gasteiger partial charge is 0.202 e. The highest BCUT2D eigenvalue weighted by Crippen LogP contribution is 2.25. The number of hydrazine groups is 1. The van der Waals surface area contributed by atoms with Gasteiger partial charge in [-0.25, -0.2) is 10.4 Å². The van der Waals surface area contributed by atoms with Crippen molar-refractivity contribution < 1.29 is 4.79 Å². The molecule has 1 aromatic rings. The summed E-state index contributed by atoms with van der Waals surface area (Å²) >= 11 is 0. The number of nitrogens with zero attached hydrogens (tertiary/aromatic N) is 3. The molecule has 2 aliphatic rings. The number of aromatic nitrogens is 3. The third-order valence-corrected chi connectivity index (χ3v) is 3.18. The molecule has 0 spiro atoms. The van der Waals surface area contributed by atoms with Crippen LogP contribution in [0.5, 0.6) is 0 Å². The van der Waals surface area contributed by atoms with Crippen LogP contribution in [0, 0.1) is 5.92 Å². The number of aromatic amines is 1. The van der Waals surface area contributed by atoms with E-state index < -0.39 is 0 Å². The first-order chi connectivity index (χ1) is 7.33. The molecular formula is C9H13N5O. The van der Waals surface area contributed by atoms with Gasteiger partial charge in [0.25, 0.3) is 0 Å². The average Bonchev–Trinajstić information content (AvgIpc) is 2.87. The molecule has 2 aliphatic heterocycles. The van der Waals surface area contributed by atoms with Gasteiger partial charge in [0.05, 0.1) is 12.2 Å². The summed E-state index contributed by atoms with van der Waals surface area (Å²) in [6, 6.07) is -0.114. The Morgan fingerprint density at radius 3 is 3.27 bits per heavy atom. The lowest BCUT2D eigenvalue weighted by atomic mass is 9.95. The number of carbonyl (C=O) groups is 1. The number of nitrogens with one attached hydrogen (secondary N) is 2. The largest absolute Gasteiger partial charge is 0.290 e. The van der Waals surface area contributed by atoms with E-state index in [2.05, 4.69) is 25.8 Å². The van der Waals surface area contributed by atoms with E-state index in [1.165, 1.54) is 12.6 Å². The molecule has 0 saturated carbocycles. The topological polar surface area (TPSA) is 73.9 Å². The number of hydrogen-bond acceptors (Lipinski definition) is 5. The Labute approximate surface area is 87.0 Å². The molecule has 2 N–H and O–H groups in total. The van der Waals surface area contributed by atoms with Crippen molar-refractivity contribution in [3.05, 3.63) is 11.9 Å². The highest BCUT2D eigenvalue weighted by Gasteiger charge is 2.36. The van der Waals surface area contributed by atoms with Crippen molar-refractivity contribution in [1.82, 2.24) is 25.8 Å². The maximum Gasteiger partial charge on any atom is 0.202 e. The summed E-state index contributed by atoms with van der Waals surface area (Å²) in [6.45, 7) is 2.12. The minimum Gasteiger partial charge on any atom is -0.290 e. The van der Waals surface area contributed by atoms with Gasteiger partial charge in [-0.05, 0) is 18.8 Å². The summed E-state index contributed by atoms with van der Waals surface area (Å²) < 4.78 is 0. The molecule has 6 heteroatoms. The zero-order valence-corrected chi connectivity index (χ0v) is 8.31. The first-order valence-electron chi connectivity index (χ1n) is 5.24. The van der Waals surface area contributed by atoms with Crippen molar-refractivity contribution in [3.63, 3.8) is 0 Å². The summed E-state index contributed by atoms with van der Waals surface area (Å²) in [5, 5.41) is 12.1. The summed E-state index contributed by atoms with van der Waals surface area (Å²) in [4.78, 5) is 12.0. The van der Waals surface area contributed by atoms with Gasteiger partial charge < -0.3 is 0 Å². The molecule has 3 atom stereocenters. The van der Waals surface area contributed by atoms with E-state index in [0.29, 0.717) is 11.6 Å². The van der Waals surface area contributed by atoms with Gasteiger partial charge >= 0.3 is 0 Å². The molecule has 15 heavy (non-hydrogen) atoms. The van der Waals surface area contributed by atoms with Crippen molar-refractivity contribution in [2.24, 2.45) is 5.92 Å². The first kappa shape index (κ1) is 8.99. The van der Waals surface area contributed by atoms with Crippen LogP contribution in [-0.2, 0) is 0 Å². The Morgan fingerprint density at radius 2 is 2.53 bits per heavy atom. The molecule has 1 aromatic heterocycles. The van der Waals surface area contributed by atoms with Crippen LogP contribution >= 0.6 is 0 Å². The standard InChI is InChI=1S/C9H13N5O/c15-9(8-4-10-13-11-8)7-3-6-1-2-14(5-6)12-7/h4,6-7,12H,1-3,5H2,(H,10,11,13). The van der Waals surface area contributed by atoms with Gasteiger partial charge in [-0.3, -0.25) is 4.79 Å². The molecule has 2 fully saturated rings. The lowest BCUT2D eigenvalue weighted by Crippen LogP contribution is -2.51. The van der Waals surface area contributed by atoms with E-state index in [-0.39, 0.29) is 11.8 Å². The van der Waals surface area contributed by atoms with Crippen LogP contribution in [0.4, 0.5) is 0 Å². The van der Waals surface area contributed by atoms with E-state index in [1.807, 2.05) is 0 Å². The van der Waals surface area contributed by atoms with Crippen LogP contribution in [0.25, 0.3) is 0 Å². The fraction of sp³-hybridized carbons (Fsp3) is 0.667. The fourth-order valence-corrected chi connectivity index (χ4v) is 2.41. The predicted molar refractivity (Wildman–Crippen MR) is 51.9 cm³/mol. The van der Waals surface area contributed by atoms with E-state index in [0.717, 1.165) is 19.5 Å². The van der Waals surface area contributed by atoms with Gasteiger partial charge in [0.15, 0.2) is 0 Å². The second-order valence-electron chi connectivity index (χ2n) is 4.24. The molecule has 3 rings (SSSR count). The third kappa shape index (κ3) is 1.55. The number of fused-ring (bicyclic) bond motifs is 2. The van der Waals surface area contributed by atoms with Gasteiger partial charge in [0, 0.05) is 13.1 Å². The number of rotatable bonds is 2. The maximum atomic E-state index is 12.0. The van der Waals surface area contributed by atoms with Gasteiger partial charge in [-0.15, -0.1) is 0 Å². The fourth-order valence-electron chi connectivity index (χ4n) is 2.41. The lowest BCUT2D eigenvalue weighted by molar-refractivity contribution is 0.0781. The molecule has 3 unspecified atom stereocenters. The number of carbonyl (C=O) groups excluding carboxylic acids is 1. The maximum absolute atomic E-state index is 12.0. The molecule has 2 bridgehead atoms. The highest BCUT2D eigenvalue weighted by molar-refractivity contribution is 5.98. The molecule has 2 saturated heterocycles. The highest BCUT2D eigenvalue weighted by atomic mass is 16.1. The number of Topliss-reactive ketones (excluding diaryl/α,β-unsaturated/α-hetero) is 1. The minimum atomic E-state index is -0.114. The number of hydrogen-bond donors (Lipinski definition) is 2. The Hall–Kier alpha value is -1.27. The lowest BCUT2D eigenvalue weighted by Gasteiger charge is -2.29. The molecule has 0 aliphatic carbocycles. The third-order valence-electron chi connectivity index (χ3n) is 3.18. The van der Waals surface area contributed by atoms with Crippen molar-refractivity contribution in [2.75, 3.05) is 13.1 Å². The number of ketones is 1. The van der Waals surface area contributed by atoms with Crippen molar-refractivity contribution >= 4 is 5.78 Å². The van der Waals surface area contributed by atoms with Crippen LogP contribution in [0.3, 0.4) is 0 Å². The van der Waals surface area contributed by atoms with Gasteiger partial charge in [0.1, 0.15) is 5.69 Å². The van der Waals surface area contributed by atoms with Crippen LogP contribution in [0.15, 0.2) is 6.20 Å². The quantitative estimate of drug-likeness (QED) is 0.645. The van der Waals surface area contributed by atoms with E-state index >= 15 is 0 Å². The second kappa shape index (κ2) is 3.39. The zero-order valence-electron chi connectivity index (χ0n) is 8.31. The monoisotopic (exact) mass is 207 g/mol. The summed E-state index contributed by atoms with van der Waals surface area (Å²) in [7, 11) is 0. The van der Waals surface area contributed by atoms with Gasteiger partial charge in [-0.2, -0.15) is 15.4 Å². The van der Waals surface area contributed by atoms with Gasteiger partial charge in [-0.1, -0.05) is 0 Å². The molecule has 0 radical (unpaired) electrons. The molecular weight excluding hydrogens is 194 g/mol. The van der Waals surface area contributed by atoms with E-state index in [9.17, 15) is 4.79 Å². The Kier molecular flexibility index (Phi) is 2.03. The minimum absolute atomic E-state index is 0.0420. The van der Waals surface area contributed by atoms with Gasteiger partial charge in [0.2, 0.25) is 5.78 Å². The summed E-state index contributed by atoms with van der Waals surface area (Å²) in [5.74, 6) is 0.701. The van der Waals surface area contributed by atoms with E-state index in [4.69, 9.17) is 0 Å². The normalized spacial score (nSPS) is 34.3. The zero-order chi connectivity index (χ0) is 10.3. The summed E-state index contributed by atoms with van der Waals surface area (Å²) in [6.07, 6.45) is 3.59. The van der Waals surface area contributed by atoms with E-state index in [1.54, 1.807) is 0 Å². The Morgan fingerprint density at radius 1 is 1.60 bits per heavy atom. The van der Waals surface area contributed by atoms with Crippen molar-refractivity contribution in [2.45, 2.75) is 18.9 Å². The number of H-pyrrole nitrogens is 1. The van der Waals surface area contributed by atoms with Crippen molar-refractivity contribution in [1.29, 1.82) is 0 Å². The predicted octanol–water partition coefficient (Wildman–Crippen LogP) is -0.414.